The fourth-order valence-corrected chi connectivity index (χ4v) is 3.49. The summed E-state index contributed by atoms with van der Waals surface area (Å²) in [6, 6.07) is 4.25. The Morgan fingerprint density at radius 1 is 1.12 bits per heavy atom. The van der Waals surface area contributed by atoms with E-state index in [1.54, 1.807) is 25.2 Å². The Bertz CT molecular complexity index is 938. The van der Waals surface area contributed by atoms with Gasteiger partial charge in [0.25, 0.3) is 0 Å². The van der Waals surface area contributed by atoms with Crippen molar-refractivity contribution in [1.29, 1.82) is 0 Å². The number of methoxy groups -OCH3 is 2. The highest BCUT2D eigenvalue weighted by molar-refractivity contribution is 5.83. The predicted octanol–water partition coefficient (Wildman–Crippen LogP) is 1.90. The molecule has 0 saturated carbocycles. The summed E-state index contributed by atoms with van der Waals surface area (Å²) in [4.78, 5) is 11.0. The predicted molar refractivity (Wildman–Crippen MR) is 93.1 cm³/mol. The maximum atomic E-state index is 5.47. The van der Waals surface area contributed by atoms with Gasteiger partial charge in [-0.3, -0.25) is 0 Å². The second-order valence-electron chi connectivity index (χ2n) is 6.11. The van der Waals surface area contributed by atoms with Gasteiger partial charge in [-0.2, -0.15) is 0 Å². The van der Waals surface area contributed by atoms with Crippen LogP contribution in [-0.2, 0) is 13.5 Å². The first-order valence-corrected chi connectivity index (χ1v) is 8.16. The smallest absolute Gasteiger partial charge is 0.183 e. The number of hydrogen-bond acceptors (Lipinski definition) is 7. The van der Waals surface area contributed by atoms with Gasteiger partial charge in [0.1, 0.15) is 6.33 Å². The highest BCUT2D eigenvalue weighted by atomic mass is 16.5. The first-order chi connectivity index (χ1) is 12.1. The van der Waals surface area contributed by atoms with E-state index in [1.807, 2.05) is 7.05 Å². The summed E-state index contributed by atoms with van der Waals surface area (Å²) in [5, 5.41) is 8.32. The molecule has 0 aliphatic carbocycles. The van der Waals surface area contributed by atoms with E-state index < -0.39 is 0 Å². The molecule has 8 nitrogen and oxygen atoms in total. The number of aromatic nitrogens is 5. The third-order valence-corrected chi connectivity index (χ3v) is 4.83. The van der Waals surface area contributed by atoms with Crippen LogP contribution in [0.1, 0.15) is 24.1 Å². The Morgan fingerprint density at radius 2 is 1.88 bits per heavy atom. The minimum Gasteiger partial charge on any atom is -0.493 e. The van der Waals surface area contributed by atoms with Gasteiger partial charge in [0, 0.05) is 13.6 Å². The molecule has 4 rings (SSSR count). The highest BCUT2D eigenvalue weighted by Gasteiger charge is 2.29. The molecular weight excluding hydrogens is 320 g/mol. The van der Waals surface area contributed by atoms with Crippen molar-refractivity contribution in [2.45, 2.75) is 19.4 Å². The van der Waals surface area contributed by atoms with Gasteiger partial charge in [0.05, 0.1) is 20.3 Å². The Hall–Kier alpha value is -2.90. The molecule has 0 N–H and O–H groups in total. The van der Waals surface area contributed by atoms with Crippen molar-refractivity contribution in [1.82, 2.24) is 25.0 Å². The molecule has 0 amide bonds. The Balaban J connectivity index is 1.79. The number of aryl methyl sites for hydroxylation is 1. The summed E-state index contributed by atoms with van der Waals surface area (Å²) in [5.41, 5.74) is 3.93. The second-order valence-corrected chi connectivity index (χ2v) is 6.11. The first-order valence-electron chi connectivity index (χ1n) is 8.16. The number of fused-ring (bicyclic) bond motifs is 2. The topological polar surface area (TPSA) is 78.2 Å². The van der Waals surface area contributed by atoms with Crippen molar-refractivity contribution in [3.8, 4) is 11.5 Å². The number of ether oxygens (including phenoxy) is 2. The maximum absolute atomic E-state index is 5.47. The average molecular weight is 340 g/mol. The number of hydrogen-bond donors (Lipinski definition) is 0. The molecule has 0 fully saturated rings. The lowest BCUT2D eigenvalue weighted by molar-refractivity contribution is 0.353. The van der Waals surface area contributed by atoms with Gasteiger partial charge < -0.3 is 14.4 Å². The third kappa shape index (κ3) is 2.36. The van der Waals surface area contributed by atoms with Gasteiger partial charge in [-0.25, -0.2) is 14.6 Å². The van der Waals surface area contributed by atoms with Crippen LogP contribution < -0.4 is 14.4 Å². The standard InChI is InChI=1S/C17H20N6O2/c1-10-12-8-14(25-4)13(24-3)7-11(12)5-6-23(10)17-15-16(18-9-19-17)22(2)21-20-15/h7-10H,5-6H2,1-4H3. The van der Waals surface area contributed by atoms with Crippen molar-refractivity contribution in [2.24, 2.45) is 7.05 Å². The molecule has 2 aromatic heterocycles. The summed E-state index contributed by atoms with van der Waals surface area (Å²) in [6.07, 6.45) is 2.46. The molecular formula is C17H20N6O2. The lowest BCUT2D eigenvalue weighted by Crippen LogP contribution is -2.34. The lowest BCUT2D eigenvalue weighted by atomic mass is 9.92. The van der Waals surface area contributed by atoms with Gasteiger partial charge >= 0.3 is 0 Å². The largest absolute Gasteiger partial charge is 0.493 e. The van der Waals surface area contributed by atoms with Crippen molar-refractivity contribution in [2.75, 3.05) is 25.7 Å². The molecule has 8 heteroatoms. The quantitative estimate of drug-likeness (QED) is 0.720. The molecule has 0 radical (unpaired) electrons. The lowest BCUT2D eigenvalue weighted by Gasteiger charge is -2.36. The molecule has 1 unspecified atom stereocenters. The molecule has 0 spiro atoms. The minimum atomic E-state index is 0.128. The zero-order chi connectivity index (χ0) is 17.6. The normalized spacial score (nSPS) is 16.8. The second kappa shape index (κ2) is 5.87. The third-order valence-electron chi connectivity index (χ3n) is 4.83. The van der Waals surface area contributed by atoms with E-state index in [1.165, 1.54) is 11.1 Å². The summed E-state index contributed by atoms with van der Waals surface area (Å²) in [5.74, 6) is 2.31. The maximum Gasteiger partial charge on any atom is 0.183 e. The number of rotatable bonds is 3. The van der Waals surface area contributed by atoms with Crippen LogP contribution in [0, 0.1) is 0 Å². The molecule has 1 aliphatic rings. The van der Waals surface area contributed by atoms with Crippen LogP contribution in [0.5, 0.6) is 11.5 Å². The van der Waals surface area contributed by atoms with Crippen molar-refractivity contribution in [3.05, 3.63) is 29.6 Å². The Kier molecular flexibility index (Phi) is 3.67. The molecule has 1 aromatic carbocycles. The molecule has 25 heavy (non-hydrogen) atoms. The van der Waals surface area contributed by atoms with Crippen LogP contribution in [0.4, 0.5) is 5.82 Å². The van der Waals surface area contributed by atoms with Gasteiger partial charge in [-0.15, -0.1) is 5.10 Å². The monoisotopic (exact) mass is 340 g/mol. The van der Waals surface area contributed by atoms with Crippen LogP contribution in [0.3, 0.4) is 0 Å². The summed E-state index contributed by atoms with van der Waals surface area (Å²) in [6.45, 7) is 3.00. The molecule has 1 atom stereocenters. The summed E-state index contributed by atoms with van der Waals surface area (Å²) < 4.78 is 12.6. The zero-order valence-electron chi connectivity index (χ0n) is 14.7. The minimum absolute atomic E-state index is 0.128. The molecule has 1 aliphatic heterocycles. The fourth-order valence-electron chi connectivity index (χ4n) is 3.49. The van der Waals surface area contributed by atoms with E-state index in [0.29, 0.717) is 0 Å². The van der Waals surface area contributed by atoms with Crippen molar-refractivity contribution >= 4 is 17.0 Å². The fraction of sp³-hybridized carbons (Fsp3) is 0.412. The van der Waals surface area contributed by atoms with Gasteiger partial charge in [-0.1, -0.05) is 5.21 Å². The average Bonchev–Trinajstić information content (AvgIpc) is 3.02. The van der Waals surface area contributed by atoms with Crippen molar-refractivity contribution < 1.29 is 9.47 Å². The van der Waals surface area contributed by atoms with E-state index >= 15 is 0 Å². The highest BCUT2D eigenvalue weighted by Crippen LogP contribution is 2.40. The van der Waals surface area contributed by atoms with Crippen LogP contribution in [-0.4, -0.2) is 45.7 Å². The van der Waals surface area contributed by atoms with E-state index in [-0.39, 0.29) is 6.04 Å². The van der Waals surface area contributed by atoms with E-state index in [0.717, 1.165) is 41.4 Å². The van der Waals surface area contributed by atoms with E-state index in [2.05, 4.69) is 44.2 Å². The number of nitrogens with zero attached hydrogens (tertiary/aromatic N) is 6. The van der Waals surface area contributed by atoms with Crippen LogP contribution in [0.2, 0.25) is 0 Å². The SMILES string of the molecule is COc1cc2c(cc1OC)C(C)N(c1ncnc3c1nnn3C)CC2. The molecule has 130 valence electrons. The Morgan fingerprint density at radius 3 is 2.64 bits per heavy atom. The van der Waals surface area contributed by atoms with Crippen LogP contribution in [0.25, 0.3) is 11.2 Å². The Labute approximate surface area is 145 Å². The van der Waals surface area contributed by atoms with Gasteiger partial charge in [-0.05, 0) is 36.6 Å². The number of anilines is 1. The molecule has 0 saturated heterocycles. The zero-order valence-corrected chi connectivity index (χ0v) is 14.7. The first kappa shape index (κ1) is 15.6. The summed E-state index contributed by atoms with van der Waals surface area (Å²) in [7, 11) is 5.15. The van der Waals surface area contributed by atoms with Gasteiger partial charge in [0.2, 0.25) is 0 Å². The van der Waals surface area contributed by atoms with E-state index in [4.69, 9.17) is 9.47 Å². The van der Waals surface area contributed by atoms with Crippen LogP contribution >= 0.6 is 0 Å². The molecule has 3 aromatic rings. The number of benzene rings is 1. The van der Waals surface area contributed by atoms with Crippen molar-refractivity contribution in [3.63, 3.8) is 0 Å². The van der Waals surface area contributed by atoms with Crippen LogP contribution in [0.15, 0.2) is 18.5 Å². The van der Waals surface area contributed by atoms with Gasteiger partial charge in [0.15, 0.2) is 28.5 Å². The molecule has 0 bridgehead atoms. The summed E-state index contributed by atoms with van der Waals surface area (Å²) >= 11 is 0. The van der Waals surface area contributed by atoms with E-state index in [9.17, 15) is 0 Å². The molecule has 3 heterocycles.